The molecule has 2 atom stereocenters. The van der Waals surface area contributed by atoms with Crippen molar-refractivity contribution in [2.24, 2.45) is 0 Å². The third-order valence-electron chi connectivity index (χ3n) is 5.10. The largest absolute Gasteiger partial charge is 0.497 e. The maximum Gasteiger partial charge on any atom is 0.187 e. The molecule has 2 heterocycles. The predicted octanol–water partition coefficient (Wildman–Crippen LogP) is 4.37. The summed E-state index contributed by atoms with van der Waals surface area (Å²) in [6, 6.07) is 15.4. The summed E-state index contributed by atoms with van der Waals surface area (Å²) in [6.45, 7) is 1.46. The van der Waals surface area contributed by atoms with E-state index in [9.17, 15) is 0 Å². The van der Waals surface area contributed by atoms with E-state index in [-0.39, 0.29) is 6.10 Å². The highest BCUT2D eigenvalue weighted by Crippen LogP contribution is 2.31. The number of imidazole rings is 1. The fraction of sp³-hybridized carbons (Fsp3) is 0.348. The van der Waals surface area contributed by atoms with E-state index < -0.39 is 5.79 Å². The topological polar surface area (TPSA) is 54.7 Å². The number of rotatable bonds is 9. The minimum absolute atomic E-state index is 0.152. The zero-order valence-electron chi connectivity index (χ0n) is 16.9. The van der Waals surface area contributed by atoms with Crippen LogP contribution in [-0.4, -0.2) is 41.8 Å². The van der Waals surface area contributed by atoms with Gasteiger partial charge in [-0.2, -0.15) is 0 Å². The molecule has 4 rings (SSSR count). The van der Waals surface area contributed by atoms with Gasteiger partial charge in [-0.1, -0.05) is 23.7 Å². The van der Waals surface area contributed by atoms with Crippen LogP contribution in [0.4, 0.5) is 0 Å². The second kappa shape index (κ2) is 9.51. The SMILES string of the molecule is COc1ccc(OC[C@H]2CO[C@](CCc3ccc(Cl)cc3)(Cn3ccnc3)O2)cc1. The van der Waals surface area contributed by atoms with Gasteiger partial charge in [0.15, 0.2) is 5.79 Å². The Balaban J connectivity index is 1.39. The molecule has 1 saturated heterocycles. The summed E-state index contributed by atoms with van der Waals surface area (Å²) in [7, 11) is 1.64. The van der Waals surface area contributed by atoms with Crippen LogP contribution in [0.5, 0.6) is 11.5 Å². The number of aryl methyl sites for hydroxylation is 1. The van der Waals surface area contributed by atoms with Gasteiger partial charge in [0.05, 0.1) is 26.6 Å². The first kappa shape index (κ1) is 20.7. The summed E-state index contributed by atoms with van der Waals surface area (Å²) >= 11 is 6.00. The molecule has 7 heteroatoms. The predicted molar refractivity (Wildman–Crippen MR) is 114 cm³/mol. The van der Waals surface area contributed by atoms with Crippen LogP contribution >= 0.6 is 11.6 Å². The van der Waals surface area contributed by atoms with Crippen LogP contribution in [0.25, 0.3) is 0 Å². The first-order valence-electron chi connectivity index (χ1n) is 9.93. The van der Waals surface area contributed by atoms with Gasteiger partial charge in [0.25, 0.3) is 0 Å². The van der Waals surface area contributed by atoms with E-state index in [0.29, 0.717) is 26.2 Å². The second-order valence-electron chi connectivity index (χ2n) is 7.31. The van der Waals surface area contributed by atoms with Gasteiger partial charge < -0.3 is 23.5 Å². The molecule has 1 aromatic heterocycles. The number of ether oxygens (including phenoxy) is 4. The Morgan fingerprint density at radius 2 is 1.90 bits per heavy atom. The van der Waals surface area contributed by atoms with Gasteiger partial charge in [-0.05, 0) is 48.4 Å². The van der Waals surface area contributed by atoms with E-state index in [2.05, 4.69) is 4.98 Å². The number of nitrogens with zero attached hydrogens (tertiary/aromatic N) is 2. The van der Waals surface area contributed by atoms with Crippen molar-refractivity contribution < 1.29 is 18.9 Å². The molecule has 0 unspecified atom stereocenters. The highest BCUT2D eigenvalue weighted by molar-refractivity contribution is 6.30. The maximum absolute atomic E-state index is 6.39. The highest BCUT2D eigenvalue weighted by atomic mass is 35.5. The summed E-state index contributed by atoms with van der Waals surface area (Å²) in [6.07, 6.45) is 6.83. The van der Waals surface area contributed by atoms with Crippen LogP contribution in [0.1, 0.15) is 12.0 Å². The fourth-order valence-corrected chi connectivity index (χ4v) is 3.62. The Morgan fingerprint density at radius 1 is 1.13 bits per heavy atom. The van der Waals surface area contributed by atoms with Crippen LogP contribution in [0.2, 0.25) is 5.02 Å². The van der Waals surface area contributed by atoms with E-state index in [1.54, 1.807) is 19.6 Å². The number of hydrogen-bond acceptors (Lipinski definition) is 5. The van der Waals surface area contributed by atoms with Crippen LogP contribution in [0.3, 0.4) is 0 Å². The van der Waals surface area contributed by atoms with E-state index >= 15 is 0 Å². The van der Waals surface area contributed by atoms with Gasteiger partial charge in [-0.25, -0.2) is 4.98 Å². The first-order chi connectivity index (χ1) is 14.6. The Bertz CT molecular complexity index is 915. The zero-order valence-corrected chi connectivity index (χ0v) is 17.6. The van der Waals surface area contributed by atoms with Crippen molar-refractivity contribution in [3.05, 3.63) is 77.8 Å². The highest BCUT2D eigenvalue weighted by Gasteiger charge is 2.42. The Morgan fingerprint density at radius 3 is 2.60 bits per heavy atom. The number of halogens is 1. The summed E-state index contributed by atoms with van der Waals surface area (Å²) in [5.74, 6) is 0.839. The summed E-state index contributed by atoms with van der Waals surface area (Å²) in [5.41, 5.74) is 1.19. The number of aromatic nitrogens is 2. The molecule has 0 N–H and O–H groups in total. The lowest BCUT2D eigenvalue weighted by Crippen LogP contribution is -2.37. The molecule has 1 fully saturated rings. The minimum atomic E-state index is -0.728. The molecule has 0 aliphatic carbocycles. The third-order valence-corrected chi connectivity index (χ3v) is 5.35. The molecule has 0 radical (unpaired) electrons. The van der Waals surface area contributed by atoms with E-state index in [1.165, 1.54) is 5.56 Å². The molecule has 2 aromatic carbocycles. The van der Waals surface area contributed by atoms with Gasteiger partial charge in [0.1, 0.15) is 24.2 Å². The standard InChI is InChI=1S/C23H25ClN2O4/c1-27-20-6-8-21(9-7-20)28-14-22-15-29-23(30-22,16-26-13-12-25-17-26)11-10-18-2-4-19(24)5-3-18/h2-9,12-13,17,22H,10-11,14-16H2,1H3/t22-,23-/m0/s1. The minimum Gasteiger partial charge on any atom is -0.497 e. The van der Waals surface area contributed by atoms with Crippen molar-refractivity contribution in [2.45, 2.75) is 31.3 Å². The van der Waals surface area contributed by atoms with Crippen LogP contribution in [0.15, 0.2) is 67.3 Å². The van der Waals surface area contributed by atoms with Crippen molar-refractivity contribution in [3.8, 4) is 11.5 Å². The lowest BCUT2D eigenvalue weighted by molar-refractivity contribution is -0.184. The Kier molecular flexibility index (Phi) is 6.57. The average molecular weight is 429 g/mol. The molecule has 0 saturated carbocycles. The van der Waals surface area contributed by atoms with Gasteiger partial charge in [0, 0.05) is 23.8 Å². The zero-order chi connectivity index (χ0) is 20.8. The molecule has 3 aromatic rings. The smallest absolute Gasteiger partial charge is 0.187 e. The van der Waals surface area contributed by atoms with E-state index in [1.807, 2.05) is 59.3 Å². The number of benzene rings is 2. The van der Waals surface area contributed by atoms with Crippen molar-refractivity contribution in [2.75, 3.05) is 20.3 Å². The third kappa shape index (κ3) is 5.33. The lowest BCUT2D eigenvalue weighted by Gasteiger charge is -2.28. The molecular weight excluding hydrogens is 404 g/mol. The Hall–Kier alpha value is -2.54. The molecule has 0 amide bonds. The van der Waals surface area contributed by atoms with Crippen molar-refractivity contribution in [3.63, 3.8) is 0 Å². The van der Waals surface area contributed by atoms with Gasteiger partial charge in [-0.3, -0.25) is 0 Å². The van der Waals surface area contributed by atoms with Crippen molar-refractivity contribution in [1.82, 2.24) is 9.55 Å². The van der Waals surface area contributed by atoms with Crippen LogP contribution in [0, 0.1) is 0 Å². The summed E-state index contributed by atoms with van der Waals surface area (Å²) in [4.78, 5) is 4.13. The van der Waals surface area contributed by atoms with Crippen molar-refractivity contribution >= 4 is 11.6 Å². The quantitative estimate of drug-likeness (QED) is 0.506. The van der Waals surface area contributed by atoms with Crippen LogP contribution in [-0.2, 0) is 22.4 Å². The van der Waals surface area contributed by atoms with E-state index in [4.69, 9.17) is 30.5 Å². The molecule has 158 valence electrons. The maximum atomic E-state index is 6.39. The normalized spacial score (nSPS) is 20.9. The Labute approximate surface area is 181 Å². The van der Waals surface area contributed by atoms with Gasteiger partial charge in [0.2, 0.25) is 0 Å². The molecule has 1 aliphatic heterocycles. The molecule has 6 nitrogen and oxygen atoms in total. The van der Waals surface area contributed by atoms with Gasteiger partial charge >= 0.3 is 0 Å². The molecule has 30 heavy (non-hydrogen) atoms. The summed E-state index contributed by atoms with van der Waals surface area (Å²) in [5, 5.41) is 0.732. The van der Waals surface area contributed by atoms with Crippen LogP contribution < -0.4 is 9.47 Å². The number of methoxy groups -OCH3 is 1. The summed E-state index contributed by atoms with van der Waals surface area (Å²) < 4.78 is 25.6. The average Bonchev–Trinajstić information content (AvgIpc) is 3.43. The van der Waals surface area contributed by atoms with E-state index in [0.717, 1.165) is 22.9 Å². The lowest BCUT2D eigenvalue weighted by atomic mass is 10.0. The van der Waals surface area contributed by atoms with Crippen molar-refractivity contribution in [1.29, 1.82) is 0 Å². The van der Waals surface area contributed by atoms with Gasteiger partial charge in [-0.15, -0.1) is 0 Å². The second-order valence-corrected chi connectivity index (χ2v) is 7.75. The molecular formula is C23H25ClN2O4. The monoisotopic (exact) mass is 428 g/mol. The fourth-order valence-electron chi connectivity index (χ4n) is 3.50. The molecule has 0 bridgehead atoms. The molecule has 1 aliphatic rings. The first-order valence-corrected chi connectivity index (χ1v) is 10.3. The number of hydrogen-bond donors (Lipinski definition) is 0. The molecule has 0 spiro atoms.